The maximum Gasteiger partial charge on any atom is 0.311 e. The molecular weight excluding hydrogens is 314 g/mol. The molecule has 0 aliphatic heterocycles. The number of nitro groups is 1. The summed E-state index contributed by atoms with van der Waals surface area (Å²) in [6, 6.07) is 0. The molecule has 0 aromatic carbocycles. The van der Waals surface area contributed by atoms with Crippen molar-refractivity contribution in [3.63, 3.8) is 0 Å². The van der Waals surface area contributed by atoms with E-state index in [1.165, 1.54) is 6.20 Å². The Labute approximate surface area is 119 Å². The zero-order valence-corrected chi connectivity index (χ0v) is 12.2. The van der Waals surface area contributed by atoms with Gasteiger partial charge in [-0.2, -0.15) is 0 Å². The van der Waals surface area contributed by atoms with Gasteiger partial charge in [0, 0.05) is 25.7 Å². The lowest BCUT2D eigenvalue weighted by molar-refractivity contribution is -0.384. The van der Waals surface area contributed by atoms with Gasteiger partial charge in [-0.25, -0.2) is 0 Å². The van der Waals surface area contributed by atoms with E-state index >= 15 is 0 Å². The molecule has 2 atom stereocenters. The van der Waals surface area contributed by atoms with Crippen molar-refractivity contribution in [3.05, 3.63) is 27.0 Å². The number of hydrogen-bond donors (Lipinski definition) is 1. The Balaban J connectivity index is 2.23. The summed E-state index contributed by atoms with van der Waals surface area (Å²) in [5.74, 6) is 0.171. The second-order valence-corrected chi connectivity index (χ2v) is 5.74. The average molecular weight is 330 g/mol. The summed E-state index contributed by atoms with van der Waals surface area (Å²) in [7, 11) is 1.80. The third-order valence-corrected chi connectivity index (χ3v) is 4.14. The first kappa shape index (κ1) is 14.2. The van der Waals surface area contributed by atoms with Crippen LogP contribution in [0.25, 0.3) is 0 Å². The van der Waals surface area contributed by atoms with E-state index in [0.717, 1.165) is 19.3 Å². The standard InChI is InChI=1S/C12H16BrN3O3/c1-15(7-8-3-2-4-11(8)17)12-9(13)5-14-6-10(12)16(18)19/h5-6,8,11,17H,2-4,7H2,1H3/t8-,11-/m1/s1. The molecule has 7 heteroatoms. The van der Waals surface area contributed by atoms with Gasteiger partial charge in [-0.15, -0.1) is 0 Å². The molecule has 2 rings (SSSR count). The van der Waals surface area contributed by atoms with Gasteiger partial charge in [-0.05, 0) is 28.8 Å². The van der Waals surface area contributed by atoms with Crippen molar-refractivity contribution in [3.8, 4) is 0 Å². The Morgan fingerprint density at radius 2 is 2.32 bits per heavy atom. The van der Waals surface area contributed by atoms with Crippen LogP contribution in [0.2, 0.25) is 0 Å². The quantitative estimate of drug-likeness (QED) is 0.677. The molecule has 1 aromatic rings. The van der Waals surface area contributed by atoms with Gasteiger partial charge in [-0.3, -0.25) is 15.1 Å². The minimum atomic E-state index is -0.436. The van der Waals surface area contributed by atoms with Crippen molar-refractivity contribution in [2.75, 3.05) is 18.5 Å². The molecule has 0 bridgehead atoms. The van der Waals surface area contributed by atoms with E-state index in [9.17, 15) is 15.2 Å². The van der Waals surface area contributed by atoms with Gasteiger partial charge in [0.05, 0.1) is 15.5 Å². The summed E-state index contributed by atoms with van der Waals surface area (Å²) in [5.41, 5.74) is 0.489. The van der Waals surface area contributed by atoms with E-state index in [-0.39, 0.29) is 17.7 Å². The maximum absolute atomic E-state index is 11.0. The molecule has 1 heterocycles. The third kappa shape index (κ3) is 3.03. The highest BCUT2D eigenvalue weighted by molar-refractivity contribution is 9.10. The Bertz CT molecular complexity index is 483. The second-order valence-electron chi connectivity index (χ2n) is 4.89. The van der Waals surface area contributed by atoms with E-state index in [2.05, 4.69) is 20.9 Å². The largest absolute Gasteiger partial charge is 0.393 e. The van der Waals surface area contributed by atoms with E-state index in [1.54, 1.807) is 13.2 Å². The monoisotopic (exact) mass is 329 g/mol. The SMILES string of the molecule is CN(C[C@H]1CCC[C@H]1O)c1c(Br)cncc1[N+](=O)[O-]. The topological polar surface area (TPSA) is 79.5 Å². The fraction of sp³-hybridized carbons (Fsp3) is 0.583. The molecule has 1 aliphatic carbocycles. The first-order chi connectivity index (χ1) is 9.00. The van der Waals surface area contributed by atoms with Crippen molar-refractivity contribution in [1.29, 1.82) is 0 Å². The minimum Gasteiger partial charge on any atom is -0.393 e. The van der Waals surface area contributed by atoms with Gasteiger partial charge < -0.3 is 10.0 Å². The number of aliphatic hydroxyl groups excluding tert-OH is 1. The number of anilines is 1. The molecular formula is C12H16BrN3O3. The molecule has 19 heavy (non-hydrogen) atoms. The zero-order valence-electron chi connectivity index (χ0n) is 10.6. The van der Waals surface area contributed by atoms with Gasteiger partial charge in [0.1, 0.15) is 11.9 Å². The van der Waals surface area contributed by atoms with Crippen molar-refractivity contribution < 1.29 is 10.0 Å². The van der Waals surface area contributed by atoms with Gasteiger partial charge in [0.15, 0.2) is 0 Å². The van der Waals surface area contributed by atoms with E-state index in [4.69, 9.17) is 0 Å². The molecule has 0 saturated heterocycles. The molecule has 0 amide bonds. The smallest absolute Gasteiger partial charge is 0.311 e. The fourth-order valence-corrected chi connectivity index (χ4v) is 3.23. The van der Waals surface area contributed by atoms with Crippen LogP contribution >= 0.6 is 15.9 Å². The Morgan fingerprint density at radius 1 is 1.58 bits per heavy atom. The molecule has 0 radical (unpaired) electrons. The molecule has 0 unspecified atom stereocenters. The van der Waals surface area contributed by atoms with Crippen LogP contribution in [-0.2, 0) is 0 Å². The molecule has 104 valence electrons. The van der Waals surface area contributed by atoms with Crippen LogP contribution in [-0.4, -0.2) is 34.7 Å². The fourth-order valence-electron chi connectivity index (χ4n) is 2.60. The highest BCUT2D eigenvalue weighted by Crippen LogP contribution is 2.36. The summed E-state index contributed by atoms with van der Waals surface area (Å²) < 4.78 is 0.594. The zero-order chi connectivity index (χ0) is 14.0. The van der Waals surface area contributed by atoms with E-state index in [1.807, 2.05) is 4.90 Å². The lowest BCUT2D eigenvalue weighted by atomic mass is 10.1. The number of hydrogen-bond acceptors (Lipinski definition) is 5. The van der Waals surface area contributed by atoms with Crippen LogP contribution in [0.3, 0.4) is 0 Å². The maximum atomic E-state index is 11.0. The molecule has 1 N–H and O–H groups in total. The Morgan fingerprint density at radius 3 is 2.89 bits per heavy atom. The van der Waals surface area contributed by atoms with Gasteiger partial charge in [-0.1, -0.05) is 6.42 Å². The Kier molecular flexibility index (Phi) is 4.36. The number of pyridine rings is 1. The van der Waals surface area contributed by atoms with Crippen LogP contribution in [0.15, 0.2) is 16.9 Å². The van der Waals surface area contributed by atoms with Gasteiger partial charge >= 0.3 is 5.69 Å². The van der Waals surface area contributed by atoms with Gasteiger partial charge in [0.25, 0.3) is 0 Å². The number of halogens is 1. The van der Waals surface area contributed by atoms with E-state index in [0.29, 0.717) is 16.7 Å². The highest BCUT2D eigenvalue weighted by Gasteiger charge is 2.29. The predicted molar refractivity (Wildman–Crippen MR) is 75.2 cm³/mol. The second kappa shape index (κ2) is 5.83. The first-order valence-electron chi connectivity index (χ1n) is 6.17. The Hall–Kier alpha value is -1.21. The number of nitrogens with zero attached hydrogens (tertiary/aromatic N) is 3. The lowest BCUT2D eigenvalue weighted by Gasteiger charge is -2.25. The summed E-state index contributed by atoms with van der Waals surface area (Å²) in [6.45, 7) is 0.602. The van der Waals surface area contributed by atoms with Crippen molar-refractivity contribution in [2.45, 2.75) is 25.4 Å². The van der Waals surface area contributed by atoms with Crippen LogP contribution in [0.4, 0.5) is 11.4 Å². The average Bonchev–Trinajstić information content (AvgIpc) is 2.74. The third-order valence-electron chi connectivity index (χ3n) is 3.56. The normalized spacial score (nSPS) is 22.5. The minimum absolute atomic E-state index is 0.0237. The highest BCUT2D eigenvalue weighted by atomic mass is 79.9. The van der Waals surface area contributed by atoms with Crippen molar-refractivity contribution in [2.24, 2.45) is 5.92 Å². The van der Waals surface area contributed by atoms with Crippen LogP contribution in [0.1, 0.15) is 19.3 Å². The van der Waals surface area contributed by atoms with Crippen molar-refractivity contribution in [1.82, 2.24) is 4.98 Å². The number of aliphatic hydroxyl groups is 1. The van der Waals surface area contributed by atoms with Crippen LogP contribution in [0.5, 0.6) is 0 Å². The molecule has 1 fully saturated rings. The molecule has 1 saturated carbocycles. The lowest BCUT2D eigenvalue weighted by Crippen LogP contribution is -2.30. The summed E-state index contributed by atoms with van der Waals surface area (Å²) in [6.07, 6.45) is 5.28. The summed E-state index contributed by atoms with van der Waals surface area (Å²) in [5, 5.41) is 20.9. The number of rotatable bonds is 4. The van der Waals surface area contributed by atoms with E-state index < -0.39 is 4.92 Å². The number of aromatic nitrogens is 1. The van der Waals surface area contributed by atoms with Crippen molar-refractivity contribution >= 4 is 27.3 Å². The summed E-state index contributed by atoms with van der Waals surface area (Å²) in [4.78, 5) is 16.3. The van der Waals surface area contributed by atoms with Crippen LogP contribution in [0, 0.1) is 16.0 Å². The predicted octanol–water partition coefficient (Wildman–Crippen LogP) is 2.35. The first-order valence-corrected chi connectivity index (χ1v) is 6.97. The molecule has 0 spiro atoms. The summed E-state index contributed by atoms with van der Waals surface area (Å²) >= 11 is 3.31. The molecule has 1 aliphatic rings. The molecule has 6 nitrogen and oxygen atoms in total. The van der Waals surface area contributed by atoms with Gasteiger partial charge in [0.2, 0.25) is 0 Å². The molecule has 1 aromatic heterocycles. The van der Waals surface area contributed by atoms with Crippen LogP contribution < -0.4 is 4.90 Å².